The van der Waals surface area contributed by atoms with Crippen LogP contribution >= 0.6 is 0 Å². The van der Waals surface area contributed by atoms with Crippen LogP contribution in [0.2, 0.25) is 0 Å². The van der Waals surface area contributed by atoms with E-state index in [1.807, 2.05) is 63.2 Å². The summed E-state index contributed by atoms with van der Waals surface area (Å²) in [7, 11) is 0. The van der Waals surface area contributed by atoms with Crippen LogP contribution in [0.1, 0.15) is 30.0 Å². The molecule has 0 aromatic heterocycles. The van der Waals surface area contributed by atoms with Gasteiger partial charge >= 0.3 is 0 Å². The highest BCUT2D eigenvalue weighted by Crippen LogP contribution is 2.33. The zero-order valence-electron chi connectivity index (χ0n) is 20.2. The second-order valence-corrected chi connectivity index (χ2v) is 8.72. The van der Waals surface area contributed by atoms with Gasteiger partial charge in [-0.05, 0) is 62.6 Å². The standard InChI is InChI=1S/C27H33N3O4/c1-4-34-22-9-7-21(8-10-22)28-25-24(23-11-6-19(2)18-20(23)3)26(31)30(27(25)32)13-5-12-29-14-16-33-17-15-29/h6-11,18,28H,4-5,12-17H2,1-3H3. The van der Waals surface area contributed by atoms with Crippen molar-refractivity contribution in [2.75, 3.05) is 51.3 Å². The van der Waals surface area contributed by atoms with Gasteiger partial charge in [-0.25, -0.2) is 0 Å². The topological polar surface area (TPSA) is 71.1 Å². The van der Waals surface area contributed by atoms with Gasteiger partial charge in [-0.15, -0.1) is 0 Å². The van der Waals surface area contributed by atoms with Gasteiger partial charge in [0.2, 0.25) is 0 Å². The van der Waals surface area contributed by atoms with Crippen molar-refractivity contribution in [3.05, 3.63) is 64.9 Å². The van der Waals surface area contributed by atoms with Crippen molar-refractivity contribution in [1.29, 1.82) is 0 Å². The number of anilines is 1. The lowest BCUT2D eigenvalue weighted by Crippen LogP contribution is -2.39. The Hall–Kier alpha value is -3.16. The number of rotatable bonds is 9. The maximum atomic E-state index is 13.5. The van der Waals surface area contributed by atoms with Crippen LogP contribution in [-0.4, -0.2) is 67.6 Å². The third kappa shape index (κ3) is 5.32. The van der Waals surface area contributed by atoms with Crippen LogP contribution in [0.25, 0.3) is 5.57 Å². The third-order valence-corrected chi connectivity index (χ3v) is 6.21. The SMILES string of the molecule is CCOc1ccc(NC2=C(c3ccc(C)cc3C)C(=O)N(CCCN3CCOCC3)C2=O)cc1. The molecule has 0 unspecified atom stereocenters. The summed E-state index contributed by atoms with van der Waals surface area (Å²) in [5.41, 5.74) is 4.36. The summed E-state index contributed by atoms with van der Waals surface area (Å²) >= 11 is 0. The summed E-state index contributed by atoms with van der Waals surface area (Å²) in [6.07, 6.45) is 0.730. The first-order valence-corrected chi connectivity index (χ1v) is 12.0. The maximum Gasteiger partial charge on any atom is 0.278 e. The van der Waals surface area contributed by atoms with E-state index in [9.17, 15) is 9.59 Å². The first-order valence-electron chi connectivity index (χ1n) is 12.0. The molecule has 180 valence electrons. The summed E-state index contributed by atoms with van der Waals surface area (Å²) in [6.45, 7) is 11.0. The summed E-state index contributed by atoms with van der Waals surface area (Å²) in [5.74, 6) is 0.235. The highest BCUT2D eigenvalue weighted by atomic mass is 16.5. The molecule has 34 heavy (non-hydrogen) atoms. The Morgan fingerprint density at radius 2 is 1.71 bits per heavy atom. The molecule has 7 heteroatoms. The van der Waals surface area contributed by atoms with E-state index in [-0.39, 0.29) is 11.8 Å². The molecule has 4 rings (SSSR count). The van der Waals surface area contributed by atoms with Gasteiger partial charge in [0, 0.05) is 31.9 Å². The largest absolute Gasteiger partial charge is 0.494 e. The van der Waals surface area contributed by atoms with Crippen LogP contribution in [0.4, 0.5) is 5.69 Å². The lowest BCUT2D eigenvalue weighted by Gasteiger charge is -2.27. The van der Waals surface area contributed by atoms with Crippen molar-refractivity contribution in [2.45, 2.75) is 27.2 Å². The zero-order valence-corrected chi connectivity index (χ0v) is 20.2. The zero-order chi connectivity index (χ0) is 24.1. The number of nitrogens with one attached hydrogen (secondary N) is 1. The fourth-order valence-corrected chi connectivity index (χ4v) is 4.46. The molecule has 0 radical (unpaired) electrons. The molecular formula is C27H33N3O4. The smallest absolute Gasteiger partial charge is 0.278 e. The van der Waals surface area contributed by atoms with Crippen LogP contribution in [0.15, 0.2) is 48.2 Å². The average molecular weight is 464 g/mol. The van der Waals surface area contributed by atoms with Crippen LogP contribution in [-0.2, 0) is 14.3 Å². The molecule has 0 saturated carbocycles. The summed E-state index contributed by atoms with van der Waals surface area (Å²) in [4.78, 5) is 30.7. The number of imide groups is 1. The molecule has 0 bridgehead atoms. The Morgan fingerprint density at radius 3 is 2.38 bits per heavy atom. The molecule has 2 aliphatic heterocycles. The minimum absolute atomic E-state index is 0.243. The summed E-state index contributed by atoms with van der Waals surface area (Å²) < 4.78 is 10.9. The van der Waals surface area contributed by atoms with Crippen molar-refractivity contribution >= 4 is 23.1 Å². The minimum Gasteiger partial charge on any atom is -0.494 e. The second kappa shape index (κ2) is 10.8. The molecule has 2 aromatic carbocycles. The van der Waals surface area contributed by atoms with Crippen molar-refractivity contribution in [2.24, 2.45) is 0 Å². The molecule has 2 heterocycles. The molecule has 2 amide bonds. The second-order valence-electron chi connectivity index (χ2n) is 8.72. The number of carbonyl (C=O) groups excluding carboxylic acids is 2. The Bertz CT molecular complexity index is 1070. The molecular weight excluding hydrogens is 430 g/mol. The molecule has 0 spiro atoms. The minimum atomic E-state index is -0.282. The molecule has 7 nitrogen and oxygen atoms in total. The Morgan fingerprint density at radius 1 is 0.971 bits per heavy atom. The summed E-state index contributed by atoms with van der Waals surface area (Å²) in [6, 6.07) is 13.4. The van der Waals surface area contributed by atoms with Gasteiger partial charge in [0.05, 0.1) is 25.4 Å². The fourth-order valence-electron chi connectivity index (χ4n) is 4.46. The Kier molecular flexibility index (Phi) is 7.65. The van der Waals surface area contributed by atoms with Gasteiger partial charge in [-0.2, -0.15) is 0 Å². The van der Waals surface area contributed by atoms with Crippen LogP contribution < -0.4 is 10.1 Å². The molecule has 2 aliphatic rings. The number of hydrogen-bond donors (Lipinski definition) is 1. The van der Waals surface area contributed by atoms with E-state index in [0.717, 1.165) is 67.4 Å². The number of amides is 2. The number of nitrogens with zero attached hydrogens (tertiary/aromatic N) is 2. The number of aryl methyl sites for hydroxylation is 2. The first kappa shape index (κ1) is 24.0. The first-order chi connectivity index (χ1) is 16.5. The van der Waals surface area contributed by atoms with Crippen LogP contribution in [0.3, 0.4) is 0 Å². The molecule has 1 fully saturated rings. The molecule has 2 aromatic rings. The maximum absolute atomic E-state index is 13.5. The van der Waals surface area contributed by atoms with E-state index in [1.165, 1.54) is 4.90 Å². The van der Waals surface area contributed by atoms with E-state index >= 15 is 0 Å². The number of ether oxygens (including phenoxy) is 2. The predicted octanol–water partition coefficient (Wildman–Crippen LogP) is 3.62. The highest BCUT2D eigenvalue weighted by Gasteiger charge is 2.39. The normalized spacial score (nSPS) is 17.0. The van der Waals surface area contributed by atoms with Gasteiger partial charge in [-0.1, -0.05) is 23.8 Å². The molecule has 1 saturated heterocycles. The average Bonchev–Trinajstić information content (AvgIpc) is 3.05. The van der Waals surface area contributed by atoms with E-state index in [2.05, 4.69) is 10.2 Å². The van der Waals surface area contributed by atoms with Crippen molar-refractivity contribution < 1.29 is 19.1 Å². The van der Waals surface area contributed by atoms with Gasteiger partial charge in [0.15, 0.2) is 0 Å². The number of carbonyl (C=O) groups is 2. The van der Waals surface area contributed by atoms with Crippen LogP contribution in [0, 0.1) is 13.8 Å². The lowest BCUT2D eigenvalue weighted by molar-refractivity contribution is -0.136. The fraction of sp³-hybridized carbons (Fsp3) is 0.407. The lowest BCUT2D eigenvalue weighted by atomic mass is 9.97. The van der Waals surface area contributed by atoms with Crippen molar-refractivity contribution in [3.8, 4) is 5.75 Å². The number of morpholine rings is 1. The van der Waals surface area contributed by atoms with E-state index < -0.39 is 0 Å². The van der Waals surface area contributed by atoms with E-state index in [4.69, 9.17) is 9.47 Å². The molecule has 0 aliphatic carbocycles. The third-order valence-electron chi connectivity index (χ3n) is 6.21. The van der Waals surface area contributed by atoms with Crippen molar-refractivity contribution in [3.63, 3.8) is 0 Å². The van der Waals surface area contributed by atoms with Gasteiger partial charge in [-0.3, -0.25) is 19.4 Å². The molecule has 1 N–H and O–H groups in total. The molecule has 0 atom stereocenters. The van der Waals surface area contributed by atoms with E-state index in [1.54, 1.807) is 0 Å². The highest BCUT2D eigenvalue weighted by molar-refractivity contribution is 6.36. The summed E-state index contributed by atoms with van der Waals surface area (Å²) in [5, 5.41) is 3.24. The van der Waals surface area contributed by atoms with Gasteiger partial charge in [0.1, 0.15) is 11.4 Å². The van der Waals surface area contributed by atoms with Crippen molar-refractivity contribution in [1.82, 2.24) is 9.80 Å². The Balaban J connectivity index is 1.58. The quantitative estimate of drug-likeness (QED) is 0.573. The van der Waals surface area contributed by atoms with Crippen LogP contribution in [0.5, 0.6) is 5.75 Å². The number of benzene rings is 2. The predicted molar refractivity (Wildman–Crippen MR) is 133 cm³/mol. The monoisotopic (exact) mass is 463 g/mol. The van der Waals surface area contributed by atoms with Gasteiger partial charge in [0.25, 0.3) is 11.8 Å². The Labute approximate surface area is 201 Å². The number of hydrogen-bond acceptors (Lipinski definition) is 6. The van der Waals surface area contributed by atoms with Gasteiger partial charge < -0.3 is 14.8 Å². The van der Waals surface area contributed by atoms with E-state index in [0.29, 0.717) is 24.4 Å².